The van der Waals surface area contributed by atoms with Gasteiger partial charge in [0.2, 0.25) is 16.7 Å². The van der Waals surface area contributed by atoms with Gasteiger partial charge >= 0.3 is 0 Å². The van der Waals surface area contributed by atoms with E-state index in [2.05, 4.69) is 6.58 Å². The Kier molecular flexibility index (Phi) is 10.4. The smallest absolute Gasteiger partial charge is 0.269 e. The quantitative estimate of drug-likeness (QED) is 0.0586. The van der Waals surface area contributed by atoms with Gasteiger partial charge < -0.3 is 9.47 Å². The van der Waals surface area contributed by atoms with E-state index < -0.39 is 26.9 Å². The van der Waals surface area contributed by atoms with Crippen LogP contribution in [0.3, 0.4) is 0 Å². The number of nitrogens with zero attached hydrogens (tertiary/aromatic N) is 2. The van der Waals surface area contributed by atoms with Crippen molar-refractivity contribution < 1.29 is 28.2 Å². The summed E-state index contributed by atoms with van der Waals surface area (Å²) < 4.78 is 23.9. The number of ether oxygens (including phenoxy) is 2. The minimum Gasteiger partial charge on any atom is -0.477 e. The van der Waals surface area contributed by atoms with E-state index in [0.717, 1.165) is 0 Å². The van der Waals surface area contributed by atoms with Crippen LogP contribution in [0.4, 0.5) is 5.69 Å². The van der Waals surface area contributed by atoms with Crippen molar-refractivity contribution in [1.82, 2.24) is 4.90 Å². The number of thioether (sulfide) groups is 1. The number of amides is 1. The average Bonchev–Trinajstić information content (AvgIpc) is 2.90. The normalized spacial score (nSPS) is 16.4. The van der Waals surface area contributed by atoms with Crippen LogP contribution in [0.15, 0.2) is 77.5 Å². The first-order chi connectivity index (χ1) is 18.8. The minimum atomic E-state index is -1.20. The van der Waals surface area contributed by atoms with Crippen LogP contribution in [0.25, 0.3) is 0 Å². The summed E-state index contributed by atoms with van der Waals surface area (Å²) in [7, 11) is -1.20. The van der Waals surface area contributed by atoms with Gasteiger partial charge in [0.25, 0.3) is 5.69 Å². The highest BCUT2D eigenvalue weighted by Gasteiger charge is 2.44. The summed E-state index contributed by atoms with van der Waals surface area (Å²) in [5, 5.41) is 10.5. The van der Waals surface area contributed by atoms with Crippen LogP contribution in [0.2, 0.25) is 0 Å². The number of hydrogen-bond donors (Lipinski definition) is 0. The molecule has 2 atom stereocenters. The lowest BCUT2D eigenvalue weighted by Crippen LogP contribution is -2.53. The summed E-state index contributed by atoms with van der Waals surface area (Å²) in [5.74, 6) is 0.0537. The van der Waals surface area contributed by atoms with Gasteiger partial charge in [0.05, 0.1) is 16.7 Å². The molecule has 1 aliphatic heterocycles. The van der Waals surface area contributed by atoms with E-state index in [1.54, 1.807) is 69.5 Å². The highest BCUT2D eigenvalue weighted by molar-refractivity contribution is 8.00. The second kappa shape index (κ2) is 13.3. The van der Waals surface area contributed by atoms with E-state index in [0.29, 0.717) is 22.0 Å². The Morgan fingerprint density at radius 1 is 1.23 bits per heavy atom. The molecule has 0 bridgehead atoms. The molecule has 0 aliphatic carbocycles. The number of Topliss-reactive ketones (excluding diaryl/α,β-unsaturated/α-hetero) is 1. The third kappa shape index (κ3) is 7.64. The van der Waals surface area contributed by atoms with Crippen molar-refractivity contribution in [1.29, 1.82) is 0 Å². The first-order valence-electron chi connectivity index (χ1n) is 12.2. The average molecular weight is 603 g/mol. The molecule has 3 rings (SSSR count). The summed E-state index contributed by atoms with van der Waals surface area (Å²) in [4.78, 5) is 39.2. The van der Waals surface area contributed by atoms with Crippen LogP contribution >= 0.6 is 24.0 Å². The standard InChI is InChI=1S/C28H30N2O7S3/c1-6-15-39-23-16-22(31)29(23)24(27(38)36-17-18-7-9-19(10-8-18)30(33)34)25(26(32)28(2,3)4)37-20-11-13-21(14-12-20)40(5)35/h6-14,23H,1,15-17H2,2-5H3. The van der Waals surface area contributed by atoms with Crippen molar-refractivity contribution in [2.45, 2.75) is 44.1 Å². The fourth-order valence-electron chi connectivity index (χ4n) is 3.56. The SMILES string of the molecule is C=CCSC1CC(=O)N1C(C(=S)OCc1ccc([N+](=O)[O-])cc1)=C(Oc1ccc(S(C)=O)cc1)C(=O)C(C)(C)C. The van der Waals surface area contributed by atoms with E-state index in [1.807, 2.05) is 0 Å². The molecule has 0 radical (unpaired) electrons. The van der Waals surface area contributed by atoms with Gasteiger partial charge in [-0.05, 0) is 54.2 Å². The lowest BCUT2D eigenvalue weighted by atomic mass is 9.88. The van der Waals surface area contributed by atoms with Gasteiger partial charge in [-0.25, -0.2) is 0 Å². The van der Waals surface area contributed by atoms with Crippen LogP contribution < -0.4 is 4.74 Å². The molecular formula is C28H30N2O7S3. The lowest BCUT2D eigenvalue weighted by molar-refractivity contribution is -0.384. The van der Waals surface area contributed by atoms with E-state index >= 15 is 0 Å². The molecule has 2 aromatic carbocycles. The van der Waals surface area contributed by atoms with Gasteiger partial charge in [0.1, 0.15) is 18.1 Å². The molecule has 9 nitrogen and oxygen atoms in total. The molecule has 0 N–H and O–H groups in total. The maximum Gasteiger partial charge on any atom is 0.269 e. The summed E-state index contributed by atoms with van der Waals surface area (Å²) in [6.45, 7) is 8.86. The molecule has 1 amide bonds. The number of thiocarbonyl (C=S) groups is 1. The van der Waals surface area contributed by atoms with Gasteiger partial charge in [-0.1, -0.05) is 26.8 Å². The molecule has 2 aromatic rings. The predicted molar refractivity (Wildman–Crippen MR) is 159 cm³/mol. The van der Waals surface area contributed by atoms with Crippen molar-refractivity contribution in [2.24, 2.45) is 5.41 Å². The molecule has 0 spiro atoms. The Balaban J connectivity index is 2.06. The van der Waals surface area contributed by atoms with Crippen molar-refractivity contribution in [3.05, 3.63) is 88.3 Å². The highest BCUT2D eigenvalue weighted by atomic mass is 32.2. The predicted octanol–water partition coefficient (Wildman–Crippen LogP) is 5.56. The van der Waals surface area contributed by atoms with E-state index in [1.165, 1.54) is 28.8 Å². The molecule has 1 aliphatic rings. The van der Waals surface area contributed by atoms with Crippen molar-refractivity contribution in [2.75, 3.05) is 12.0 Å². The number of benzene rings is 2. The van der Waals surface area contributed by atoms with Gasteiger partial charge in [-0.15, -0.1) is 18.3 Å². The molecule has 40 heavy (non-hydrogen) atoms. The number of nitro benzene ring substituents is 1. The summed E-state index contributed by atoms with van der Waals surface area (Å²) in [6, 6.07) is 12.2. The van der Waals surface area contributed by atoms with Gasteiger partial charge in [-0.3, -0.25) is 28.8 Å². The number of allylic oxidation sites excluding steroid dienone is 1. The molecule has 1 fully saturated rings. The van der Waals surface area contributed by atoms with E-state index in [9.17, 15) is 23.9 Å². The summed E-state index contributed by atoms with van der Waals surface area (Å²) >= 11 is 7.10. The fraction of sp³-hybridized carbons (Fsp3) is 0.321. The molecule has 2 unspecified atom stereocenters. The number of carbonyl (C=O) groups is 2. The number of non-ortho nitro benzene ring substituents is 1. The highest BCUT2D eigenvalue weighted by Crippen LogP contribution is 2.37. The van der Waals surface area contributed by atoms with Gasteiger partial charge in [0, 0.05) is 45.3 Å². The first-order valence-corrected chi connectivity index (χ1v) is 15.2. The summed E-state index contributed by atoms with van der Waals surface area (Å²) in [5.41, 5.74) is -0.327. The molecular weight excluding hydrogens is 573 g/mol. The van der Waals surface area contributed by atoms with Crippen LogP contribution in [0.1, 0.15) is 32.8 Å². The third-order valence-electron chi connectivity index (χ3n) is 5.74. The molecule has 0 saturated carbocycles. The largest absolute Gasteiger partial charge is 0.477 e. The van der Waals surface area contributed by atoms with Crippen molar-refractivity contribution >= 4 is 57.2 Å². The number of carbonyl (C=O) groups excluding carboxylic acids is 2. The topological polar surface area (TPSA) is 116 Å². The number of nitro groups is 1. The Labute approximate surface area is 245 Å². The first kappa shape index (κ1) is 31.2. The maximum atomic E-state index is 13.8. The van der Waals surface area contributed by atoms with Crippen LogP contribution in [-0.2, 0) is 31.7 Å². The Bertz CT molecular complexity index is 1360. The molecule has 0 aromatic heterocycles. The van der Waals surface area contributed by atoms with Gasteiger partial charge in [0.15, 0.2) is 5.76 Å². The lowest BCUT2D eigenvalue weighted by Gasteiger charge is -2.41. The van der Waals surface area contributed by atoms with Crippen molar-refractivity contribution in [3.8, 4) is 5.75 Å². The van der Waals surface area contributed by atoms with Gasteiger partial charge in [-0.2, -0.15) is 0 Å². The monoisotopic (exact) mass is 602 g/mol. The zero-order valence-electron chi connectivity index (χ0n) is 22.6. The van der Waals surface area contributed by atoms with Crippen LogP contribution in [0, 0.1) is 15.5 Å². The Hall–Kier alpha value is -3.35. The Morgan fingerprint density at radius 3 is 2.35 bits per heavy atom. The maximum absolute atomic E-state index is 13.8. The number of likely N-dealkylation sites (tertiary alicyclic amines) is 1. The molecule has 12 heteroatoms. The zero-order valence-corrected chi connectivity index (χ0v) is 25.0. The van der Waals surface area contributed by atoms with Crippen LogP contribution in [-0.4, -0.2) is 48.2 Å². The number of rotatable bonds is 12. The summed E-state index contributed by atoms with van der Waals surface area (Å²) in [6.07, 6.45) is 3.51. The molecule has 1 heterocycles. The second-order valence-electron chi connectivity index (χ2n) is 9.83. The molecule has 212 valence electrons. The van der Waals surface area contributed by atoms with Crippen LogP contribution in [0.5, 0.6) is 5.75 Å². The van der Waals surface area contributed by atoms with E-state index in [4.69, 9.17) is 21.7 Å². The van der Waals surface area contributed by atoms with E-state index in [-0.39, 0.29) is 46.5 Å². The Morgan fingerprint density at radius 2 is 1.85 bits per heavy atom. The third-order valence-corrected chi connectivity index (χ3v) is 8.18. The number of ketones is 1. The fourth-order valence-corrected chi connectivity index (χ4v) is 5.32. The van der Waals surface area contributed by atoms with Crippen molar-refractivity contribution in [3.63, 3.8) is 0 Å². The number of hydrogen-bond acceptors (Lipinski definition) is 9. The zero-order chi connectivity index (χ0) is 29.6. The second-order valence-corrected chi connectivity index (χ2v) is 12.8. The number of β-lactam (4-membered cyclic amide) rings is 1. The minimum absolute atomic E-state index is 0.0396. The molecule has 1 saturated heterocycles.